The van der Waals surface area contributed by atoms with Crippen molar-refractivity contribution >= 4 is 23.1 Å². The van der Waals surface area contributed by atoms with E-state index in [4.69, 9.17) is 12.2 Å². The summed E-state index contributed by atoms with van der Waals surface area (Å²) >= 11 is 5.26. The summed E-state index contributed by atoms with van der Waals surface area (Å²) in [6.07, 6.45) is 3.71. The third-order valence-electron chi connectivity index (χ3n) is 3.62. The zero-order valence-corrected chi connectivity index (χ0v) is 14.6. The molecule has 1 aromatic carbocycles. The van der Waals surface area contributed by atoms with Gasteiger partial charge in [0.1, 0.15) is 5.82 Å². The van der Waals surface area contributed by atoms with E-state index in [1.165, 1.54) is 6.07 Å². The minimum Gasteiger partial charge on any atom is -0.357 e. The lowest BCUT2D eigenvalue weighted by molar-refractivity contribution is 0.586. The van der Waals surface area contributed by atoms with Crippen molar-refractivity contribution < 1.29 is 4.39 Å². The van der Waals surface area contributed by atoms with Crippen LogP contribution in [0.15, 0.2) is 48.8 Å². The summed E-state index contributed by atoms with van der Waals surface area (Å²) in [5.41, 5.74) is 1.50. The maximum Gasteiger partial charge on any atom is 0.172 e. The molecule has 0 saturated carbocycles. The summed E-state index contributed by atoms with van der Waals surface area (Å²) in [7, 11) is 0. The maximum absolute atomic E-state index is 13.7. The van der Waals surface area contributed by atoms with Crippen molar-refractivity contribution in [3.05, 3.63) is 65.9 Å². The van der Waals surface area contributed by atoms with Crippen LogP contribution >= 0.6 is 12.2 Å². The molecule has 0 amide bonds. The Labute approximate surface area is 150 Å². The van der Waals surface area contributed by atoms with Crippen LogP contribution in [-0.4, -0.2) is 24.7 Å². The minimum atomic E-state index is -0.240. The number of hydrogen-bond acceptors (Lipinski definition) is 3. The number of aromatic nitrogens is 4. The molecule has 0 fully saturated rings. The van der Waals surface area contributed by atoms with E-state index in [1.807, 2.05) is 23.9 Å². The molecule has 6 nitrogen and oxygen atoms in total. The zero-order chi connectivity index (χ0) is 17.6. The van der Waals surface area contributed by atoms with Gasteiger partial charge < -0.3 is 10.6 Å². The van der Waals surface area contributed by atoms with Crippen LogP contribution in [0.3, 0.4) is 0 Å². The number of rotatable bonds is 6. The molecule has 2 heterocycles. The second kappa shape index (κ2) is 7.89. The summed E-state index contributed by atoms with van der Waals surface area (Å²) in [4.78, 5) is 0. The normalized spacial score (nSPS) is 10.6. The first kappa shape index (κ1) is 17.1. The van der Waals surface area contributed by atoms with Crippen LogP contribution in [0.5, 0.6) is 0 Å². The first-order valence-corrected chi connectivity index (χ1v) is 8.39. The highest BCUT2D eigenvalue weighted by molar-refractivity contribution is 7.80. The second-order valence-electron chi connectivity index (χ2n) is 5.46. The van der Waals surface area contributed by atoms with Crippen molar-refractivity contribution in [2.45, 2.75) is 26.6 Å². The quantitative estimate of drug-likeness (QED) is 0.664. The van der Waals surface area contributed by atoms with E-state index < -0.39 is 0 Å². The molecule has 2 N–H and O–H groups in total. The average molecular weight is 358 g/mol. The number of halogens is 1. The van der Waals surface area contributed by atoms with Gasteiger partial charge in [-0.2, -0.15) is 10.2 Å². The van der Waals surface area contributed by atoms with Crippen molar-refractivity contribution in [3.63, 3.8) is 0 Å². The predicted molar refractivity (Wildman–Crippen MR) is 98.7 cm³/mol. The van der Waals surface area contributed by atoms with Gasteiger partial charge in [0.2, 0.25) is 0 Å². The van der Waals surface area contributed by atoms with E-state index in [0.29, 0.717) is 29.6 Å². The van der Waals surface area contributed by atoms with Crippen LogP contribution in [0, 0.1) is 5.82 Å². The van der Waals surface area contributed by atoms with Crippen LogP contribution in [-0.2, 0) is 19.6 Å². The highest BCUT2D eigenvalue weighted by Gasteiger charge is 2.06. The van der Waals surface area contributed by atoms with Crippen molar-refractivity contribution in [2.75, 3.05) is 5.32 Å². The van der Waals surface area contributed by atoms with Gasteiger partial charge in [0.15, 0.2) is 10.9 Å². The lowest BCUT2D eigenvalue weighted by atomic mass is 10.2. The van der Waals surface area contributed by atoms with Gasteiger partial charge in [0.25, 0.3) is 0 Å². The van der Waals surface area contributed by atoms with E-state index >= 15 is 0 Å². The van der Waals surface area contributed by atoms with Crippen LogP contribution < -0.4 is 10.6 Å². The maximum atomic E-state index is 13.7. The highest BCUT2D eigenvalue weighted by atomic mass is 32.1. The monoisotopic (exact) mass is 358 g/mol. The van der Waals surface area contributed by atoms with Crippen LogP contribution in [0.25, 0.3) is 0 Å². The van der Waals surface area contributed by atoms with Crippen LogP contribution in [0.4, 0.5) is 10.2 Å². The van der Waals surface area contributed by atoms with Gasteiger partial charge in [-0.05, 0) is 31.3 Å². The molecule has 0 unspecified atom stereocenters. The standard InChI is InChI=1S/C17H19FN6S/c1-2-23-9-7-14(21-23)11-19-17(25)20-16-8-10-24(22-16)12-13-5-3-4-6-15(13)18/h3-10H,2,11-12H2,1H3,(H2,19,20,22,25). The van der Waals surface area contributed by atoms with Crippen LogP contribution in [0.2, 0.25) is 0 Å². The molecule has 0 radical (unpaired) electrons. The van der Waals surface area contributed by atoms with Gasteiger partial charge in [-0.15, -0.1) is 0 Å². The van der Waals surface area contributed by atoms with E-state index in [1.54, 1.807) is 35.1 Å². The first-order chi connectivity index (χ1) is 12.1. The van der Waals surface area contributed by atoms with Gasteiger partial charge in [-0.3, -0.25) is 9.36 Å². The average Bonchev–Trinajstić information content (AvgIpc) is 3.24. The van der Waals surface area contributed by atoms with Crippen molar-refractivity contribution in [2.24, 2.45) is 0 Å². The molecule has 3 aromatic rings. The van der Waals surface area contributed by atoms with Crippen molar-refractivity contribution in [1.29, 1.82) is 0 Å². The summed E-state index contributed by atoms with van der Waals surface area (Å²) < 4.78 is 17.2. The molecule has 0 aliphatic rings. The molecule has 25 heavy (non-hydrogen) atoms. The molecule has 0 aliphatic carbocycles. The number of anilines is 1. The van der Waals surface area contributed by atoms with E-state index in [9.17, 15) is 4.39 Å². The molecule has 130 valence electrons. The Morgan fingerprint density at radius 1 is 1.12 bits per heavy atom. The molecular formula is C17H19FN6S. The highest BCUT2D eigenvalue weighted by Crippen LogP contribution is 2.10. The van der Waals surface area contributed by atoms with Crippen molar-refractivity contribution in [1.82, 2.24) is 24.9 Å². The Morgan fingerprint density at radius 3 is 2.68 bits per heavy atom. The van der Waals surface area contributed by atoms with Gasteiger partial charge in [0.05, 0.1) is 18.8 Å². The Bertz CT molecular complexity index is 856. The zero-order valence-electron chi connectivity index (χ0n) is 13.8. The summed E-state index contributed by atoms with van der Waals surface area (Å²) in [5, 5.41) is 15.3. The summed E-state index contributed by atoms with van der Waals surface area (Å²) in [6, 6.07) is 10.4. The Morgan fingerprint density at radius 2 is 1.92 bits per heavy atom. The summed E-state index contributed by atoms with van der Waals surface area (Å²) in [6.45, 7) is 3.77. The SMILES string of the molecule is CCn1ccc(CNC(=S)Nc2ccn(Cc3ccccc3F)n2)n1. The van der Waals surface area contributed by atoms with E-state index in [2.05, 4.69) is 20.8 Å². The molecule has 3 rings (SSSR count). The molecule has 2 aromatic heterocycles. The van der Waals surface area contributed by atoms with Gasteiger partial charge in [0, 0.05) is 30.6 Å². The number of aryl methyl sites for hydroxylation is 1. The predicted octanol–water partition coefficient (Wildman–Crippen LogP) is 2.77. The van der Waals surface area contributed by atoms with Crippen molar-refractivity contribution in [3.8, 4) is 0 Å². The lowest BCUT2D eigenvalue weighted by Crippen LogP contribution is -2.28. The Kier molecular flexibility index (Phi) is 5.39. The molecular weight excluding hydrogens is 339 g/mol. The Balaban J connectivity index is 1.52. The molecule has 0 aliphatic heterocycles. The minimum absolute atomic E-state index is 0.240. The number of thiocarbonyl (C=S) groups is 1. The van der Waals surface area contributed by atoms with Gasteiger partial charge in [-0.25, -0.2) is 4.39 Å². The third-order valence-corrected chi connectivity index (χ3v) is 3.87. The second-order valence-corrected chi connectivity index (χ2v) is 5.87. The third kappa shape index (κ3) is 4.63. The largest absolute Gasteiger partial charge is 0.357 e. The fourth-order valence-electron chi connectivity index (χ4n) is 2.32. The topological polar surface area (TPSA) is 59.7 Å². The molecule has 0 spiro atoms. The van der Waals surface area contributed by atoms with Gasteiger partial charge >= 0.3 is 0 Å². The number of nitrogens with zero attached hydrogens (tertiary/aromatic N) is 4. The number of nitrogens with one attached hydrogen (secondary N) is 2. The number of benzene rings is 1. The smallest absolute Gasteiger partial charge is 0.172 e. The first-order valence-electron chi connectivity index (χ1n) is 7.98. The van der Waals surface area contributed by atoms with Crippen LogP contribution in [0.1, 0.15) is 18.2 Å². The number of hydrogen-bond donors (Lipinski definition) is 2. The fourth-order valence-corrected chi connectivity index (χ4v) is 2.50. The molecule has 0 bridgehead atoms. The lowest BCUT2D eigenvalue weighted by Gasteiger charge is -2.07. The molecule has 0 saturated heterocycles. The van der Waals surface area contributed by atoms with E-state index in [-0.39, 0.29) is 5.82 Å². The molecule has 8 heteroatoms. The Hall–Kier alpha value is -2.74. The van der Waals surface area contributed by atoms with E-state index in [0.717, 1.165) is 12.2 Å². The fraction of sp³-hybridized carbons (Fsp3) is 0.235. The molecule has 0 atom stereocenters. The van der Waals surface area contributed by atoms with Gasteiger partial charge in [-0.1, -0.05) is 18.2 Å². The summed E-state index contributed by atoms with van der Waals surface area (Å²) in [5.74, 6) is 0.365.